The maximum absolute atomic E-state index is 10.4. The number of hydrogen-bond acceptors (Lipinski definition) is 1. The predicted octanol–water partition coefficient (Wildman–Crippen LogP) is 5.85. The van der Waals surface area contributed by atoms with Gasteiger partial charge in [0.05, 0.1) is 5.60 Å². The van der Waals surface area contributed by atoms with Gasteiger partial charge in [0.25, 0.3) is 0 Å². The number of hydrogen-bond donors (Lipinski definition) is 1. The predicted molar refractivity (Wildman–Crippen MR) is 84.4 cm³/mol. The van der Waals surface area contributed by atoms with E-state index < -0.39 is 5.60 Å². The van der Waals surface area contributed by atoms with E-state index in [1.165, 1.54) is 77.0 Å². The summed E-state index contributed by atoms with van der Waals surface area (Å²) in [6.45, 7) is 6.56. The normalized spacial score (nSPS) is 20.2. The van der Waals surface area contributed by atoms with Crippen LogP contribution in [0.2, 0.25) is 0 Å². The van der Waals surface area contributed by atoms with E-state index >= 15 is 0 Å². The van der Waals surface area contributed by atoms with Gasteiger partial charge in [0, 0.05) is 0 Å². The van der Waals surface area contributed by atoms with E-state index in [9.17, 15) is 5.11 Å². The van der Waals surface area contributed by atoms with Crippen molar-refractivity contribution in [3.05, 3.63) is 0 Å². The van der Waals surface area contributed by atoms with Crippen LogP contribution in [0.15, 0.2) is 0 Å². The quantitative estimate of drug-likeness (QED) is 0.440. The van der Waals surface area contributed by atoms with E-state index in [1.807, 2.05) is 6.92 Å². The Hall–Kier alpha value is -0.0400. The van der Waals surface area contributed by atoms with E-state index in [0.717, 1.165) is 6.42 Å². The minimum absolute atomic E-state index is 0.242. The number of unbranched alkanes of at least 4 members (excludes halogenated alkanes) is 9. The number of aliphatic hydroxyl groups is 1. The average Bonchev–Trinajstić information content (AvgIpc) is 3.11. The topological polar surface area (TPSA) is 20.2 Å². The van der Waals surface area contributed by atoms with E-state index in [1.54, 1.807) is 0 Å². The lowest BCUT2D eigenvalue weighted by molar-refractivity contribution is -0.0173. The molecule has 0 aromatic heterocycles. The van der Waals surface area contributed by atoms with Crippen molar-refractivity contribution < 1.29 is 5.11 Å². The van der Waals surface area contributed by atoms with Crippen LogP contribution >= 0.6 is 0 Å². The molecule has 0 aromatic rings. The molecule has 19 heavy (non-hydrogen) atoms. The first-order chi connectivity index (χ1) is 9.02. The van der Waals surface area contributed by atoms with Crippen LogP contribution < -0.4 is 0 Å². The summed E-state index contributed by atoms with van der Waals surface area (Å²) in [5, 5.41) is 10.4. The maximum atomic E-state index is 10.4. The van der Waals surface area contributed by atoms with Crippen LogP contribution in [0.4, 0.5) is 0 Å². The van der Waals surface area contributed by atoms with Gasteiger partial charge in [-0.25, -0.2) is 0 Å². The molecule has 0 amide bonds. The van der Waals surface area contributed by atoms with Gasteiger partial charge in [-0.15, -0.1) is 0 Å². The highest BCUT2D eigenvalue weighted by atomic mass is 16.3. The van der Waals surface area contributed by atoms with Crippen LogP contribution in [0.1, 0.15) is 104 Å². The molecule has 1 N–H and O–H groups in total. The van der Waals surface area contributed by atoms with Crippen molar-refractivity contribution in [1.29, 1.82) is 0 Å². The summed E-state index contributed by atoms with van der Waals surface area (Å²) in [5.41, 5.74) is -0.167. The molecule has 0 saturated heterocycles. The minimum Gasteiger partial charge on any atom is -0.390 e. The lowest BCUT2D eigenvalue weighted by atomic mass is 9.83. The zero-order chi connectivity index (χ0) is 14.2. The monoisotopic (exact) mass is 268 g/mol. The molecule has 0 bridgehead atoms. The van der Waals surface area contributed by atoms with Crippen LogP contribution in [0.25, 0.3) is 0 Å². The van der Waals surface area contributed by atoms with Crippen molar-refractivity contribution in [3.63, 3.8) is 0 Å². The van der Waals surface area contributed by atoms with Gasteiger partial charge in [-0.05, 0) is 31.6 Å². The second kappa shape index (κ2) is 8.29. The van der Waals surface area contributed by atoms with Crippen LogP contribution in [0.5, 0.6) is 0 Å². The first-order valence-electron chi connectivity index (χ1n) is 8.74. The fraction of sp³-hybridized carbons (Fsp3) is 1.00. The molecule has 1 saturated carbocycles. The van der Waals surface area contributed by atoms with Gasteiger partial charge in [0.15, 0.2) is 0 Å². The Bertz CT molecular complexity index is 228. The van der Waals surface area contributed by atoms with E-state index in [2.05, 4.69) is 13.8 Å². The van der Waals surface area contributed by atoms with Crippen molar-refractivity contribution in [3.8, 4) is 0 Å². The maximum Gasteiger partial charge on any atom is 0.0673 e. The highest BCUT2D eigenvalue weighted by Crippen LogP contribution is 2.55. The van der Waals surface area contributed by atoms with Crippen molar-refractivity contribution >= 4 is 0 Å². The van der Waals surface area contributed by atoms with Gasteiger partial charge in [0.2, 0.25) is 0 Å². The Balaban J connectivity index is 1.86. The lowest BCUT2D eigenvalue weighted by Crippen LogP contribution is -2.34. The molecule has 0 heterocycles. The molecule has 0 aliphatic heterocycles. The van der Waals surface area contributed by atoms with Gasteiger partial charge in [-0.2, -0.15) is 0 Å². The van der Waals surface area contributed by atoms with E-state index in [-0.39, 0.29) is 5.41 Å². The summed E-state index contributed by atoms with van der Waals surface area (Å²) >= 11 is 0. The van der Waals surface area contributed by atoms with Gasteiger partial charge in [-0.1, -0.05) is 78.1 Å². The van der Waals surface area contributed by atoms with E-state index in [0.29, 0.717) is 0 Å². The highest BCUT2D eigenvalue weighted by molar-refractivity contribution is 5.02. The molecule has 0 aromatic carbocycles. The Kier molecular flexibility index (Phi) is 7.42. The summed E-state index contributed by atoms with van der Waals surface area (Å²) in [6.07, 6.45) is 17.2. The summed E-state index contributed by atoms with van der Waals surface area (Å²) < 4.78 is 0. The first-order valence-corrected chi connectivity index (χ1v) is 8.74. The summed E-state index contributed by atoms with van der Waals surface area (Å²) in [5.74, 6) is 0. The van der Waals surface area contributed by atoms with Crippen LogP contribution in [0.3, 0.4) is 0 Å². The third-order valence-electron chi connectivity index (χ3n) is 5.32. The van der Waals surface area contributed by atoms with Crippen LogP contribution in [-0.2, 0) is 0 Å². The molecule has 1 rings (SSSR count). The summed E-state index contributed by atoms with van der Waals surface area (Å²) in [4.78, 5) is 0. The molecule has 1 nitrogen and oxygen atoms in total. The number of rotatable bonds is 12. The van der Waals surface area contributed by atoms with Gasteiger partial charge >= 0.3 is 0 Å². The fourth-order valence-corrected chi connectivity index (χ4v) is 2.98. The molecule has 1 aliphatic carbocycles. The SMILES string of the molecule is CCCCCCCCCCCCC(C)(O)C1(C)CC1. The Morgan fingerprint density at radius 2 is 1.26 bits per heavy atom. The van der Waals surface area contributed by atoms with Crippen LogP contribution in [-0.4, -0.2) is 10.7 Å². The zero-order valence-corrected chi connectivity index (χ0v) is 13.6. The Morgan fingerprint density at radius 1 is 0.842 bits per heavy atom. The molecule has 1 heteroatoms. The Labute approximate surface area is 121 Å². The zero-order valence-electron chi connectivity index (χ0n) is 13.6. The van der Waals surface area contributed by atoms with Crippen LogP contribution in [0, 0.1) is 5.41 Å². The molecule has 1 unspecified atom stereocenters. The standard InChI is InChI=1S/C18H36O/c1-4-5-6-7-8-9-10-11-12-13-14-18(3,19)17(2)15-16-17/h19H,4-16H2,1-3H3. The lowest BCUT2D eigenvalue weighted by Gasteiger charge is -2.30. The van der Waals surface area contributed by atoms with Gasteiger partial charge in [0.1, 0.15) is 0 Å². The third-order valence-corrected chi connectivity index (χ3v) is 5.32. The molecule has 1 aliphatic rings. The first kappa shape index (κ1) is 17.0. The molecule has 0 radical (unpaired) electrons. The largest absolute Gasteiger partial charge is 0.390 e. The third kappa shape index (κ3) is 6.29. The van der Waals surface area contributed by atoms with Crippen molar-refractivity contribution in [2.75, 3.05) is 0 Å². The minimum atomic E-state index is -0.410. The molecule has 1 atom stereocenters. The van der Waals surface area contributed by atoms with Crippen molar-refractivity contribution in [2.24, 2.45) is 5.41 Å². The van der Waals surface area contributed by atoms with Crippen molar-refractivity contribution in [2.45, 2.75) is 110 Å². The molecule has 0 spiro atoms. The Morgan fingerprint density at radius 3 is 1.68 bits per heavy atom. The summed E-state index contributed by atoms with van der Waals surface area (Å²) in [7, 11) is 0. The molecule has 1 fully saturated rings. The molecular weight excluding hydrogens is 232 g/mol. The van der Waals surface area contributed by atoms with Gasteiger partial charge < -0.3 is 5.11 Å². The highest BCUT2D eigenvalue weighted by Gasteiger charge is 2.51. The second-order valence-electron chi connectivity index (χ2n) is 7.27. The fourth-order valence-electron chi connectivity index (χ4n) is 2.98. The summed E-state index contributed by atoms with van der Waals surface area (Å²) in [6, 6.07) is 0. The molecular formula is C18H36O. The van der Waals surface area contributed by atoms with Gasteiger partial charge in [-0.3, -0.25) is 0 Å². The smallest absolute Gasteiger partial charge is 0.0673 e. The van der Waals surface area contributed by atoms with Crippen molar-refractivity contribution in [1.82, 2.24) is 0 Å². The second-order valence-corrected chi connectivity index (χ2v) is 7.27. The molecule has 114 valence electrons. The average molecular weight is 268 g/mol. The van der Waals surface area contributed by atoms with E-state index in [4.69, 9.17) is 0 Å².